The first kappa shape index (κ1) is 22.6. The number of esters is 1. The van der Waals surface area contributed by atoms with E-state index >= 15 is 0 Å². The van der Waals surface area contributed by atoms with Gasteiger partial charge in [0.2, 0.25) is 5.91 Å². The normalized spacial score (nSPS) is 12.8. The molecule has 0 spiro atoms. The van der Waals surface area contributed by atoms with Gasteiger partial charge in [-0.3, -0.25) is 9.59 Å². The number of rotatable bonds is 7. The van der Waals surface area contributed by atoms with Gasteiger partial charge in [-0.1, -0.05) is 49.9 Å². The van der Waals surface area contributed by atoms with Gasteiger partial charge in [0.1, 0.15) is 0 Å². The number of amides is 1. The molecule has 1 amide bonds. The number of carbonyl (C=O) groups excluding carboxylic acids is 2. The lowest BCUT2D eigenvalue weighted by atomic mass is 10.0. The van der Waals surface area contributed by atoms with Crippen molar-refractivity contribution < 1.29 is 14.3 Å². The van der Waals surface area contributed by atoms with Crippen molar-refractivity contribution in [3.63, 3.8) is 0 Å². The lowest BCUT2D eigenvalue weighted by molar-refractivity contribution is -0.142. The average molecular weight is 438 g/mol. The van der Waals surface area contributed by atoms with Crippen molar-refractivity contribution in [1.29, 1.82) is 0 Å². The summed E-state index contributed by atoms with van der Waals surface area (Å²) in [5.41, 5.74) is 4.24. The Morgan fingerprint density at radius 3 is 2.58 bits per heavy atom. The molecule has 0 unspecified atom stereocenters. The summed E-state index contributed by atoms with van der Waals surface area (Å²) in [6.45, 7) is 6.37. The van der Waals surface area contributed by atoms with Crippen LogP contribution in [0.15, 0.2) is 65.3 Å². The summed E-state index contributed by atoms with van der Waals surface area (Å²) in [6.07, 6.45) is 1.91. The Kier molecular flexibility index (Phi) is 7.89. The van der Waals surface area contributed by atoms with Crippen LogP contribution in [0.5, 0.6) is 0 Å². The molecule has 2 aromatic rings. The first-order valence-corrected chi connectivity index (χ1v) is 11.3. The summed E-state index contributed by atoms with van der Waals surface area (Å²) in [6, 6.07) is 15.5. The molecule has 1 heterocycles. The standard InChI is InChI=1S/C24H27N3O3S/c1-4-30-24(29)14-19-13-23(27-21-8-6-5-7-20(21)25-19)31-15-22(28)26-18-11-9-17(10-12-18)16(2)3/h5-13,16,25H,4,14-15H2,1-3H3,(H,26,28). The average Bonchev–Trinajstić information content (AvgIpc) is 2.91. The summed E-state index contributed by atoms with van der Waals surface area (Å²) >= 11 is 1.32. The van der Waals surface area contributed by atoms with Gasteiger partial charge in [-0.05, 0) is 48.7 Å². The molecule has 1 aliphatic rings. The molecule has 6 nitrogen and oxygen atoms in total. The number of anilines is 2. The molecule has 0 saturated heterocycles. The van der Waals surface area contributed by atoms with Crippen molar-refractivity contribution in [1.82, 2.24) is 0 Å². The first-order chi connectivity index (χ1) is 14.9. The van der Waals surface area contributed by atoms with Crippen LogP contribution in [0.1, 0.15) is 38.7 Å². The molecular weight excluding hydrogens is 410 g/mol. The van der Waals surface area contributed by atoms with Gasteiger partial charge in [0.15, 0.2) is 0 Å². The number of ether oxygens (including phenoxy) is 1. The summed E-state index contributed by atoms with van der Waals surface area (Å²) < 4.78 is 5.07. The predicted molar refractivity (Wildman–Crippen MR) is 128 cm³/mol. The lowest BCUT2D eigenvalue weighted by Gasteiger charge is -2.10. The Balaban J connectivity index is 1.68. The maximum atomic E-state index is 12.5. The molecule has 3 rings (SSSR count). The predicted octanol–water partition coefficient (Wildman–Crippen LogP) is 5.47. The van der Waals surface area contributed by atoms with Crippen LogP contribution in [-0.4, -0.2) is 29.3 Å². The van der Waals surface area contributed by atoms with E-state index in [1.807, 2.05) is 48.5 Å². The molecule has 0 saturated carbocycles. The molecule has 7 heteroatoms. The second-order valence-corrected chi connectivity index (χ2v) is 8.35. The molecule has 2 aromatic carbocycles. The van der Waals surface area contributed by atoms with Crippen LogP contribution in [0.25, 0.3) is 0 Å². The number of hydrogen-bond acceptors (Lipinski definition) is 6. The van der Waals surface area contributed by atoms with E-state index in [-0.39, 0.29) is 24.1 Å². The smallest absolute Gasteiger partial charge is 0.311 e. The number of carbonyl (C=O) groups is 2. The fourth-order valence-corrected chi connectivity index (χ4v) is 3.75. The second-order valence-electron chi connectivity index (χ2n) is 7.36. The fourth-order valence-electron chi connectivity index (χ4n) is 3.01. The topological polar surface area (TPSA) is 79.8 Å². The molecule has 162 valence electrons. The van der Waals surface area contributed by atoms with E-state index in [4.69, 9.17) is 4.74 Å². The van der Waals surface area contributed by atoms with E-state index in [0.717, 1.165) is 17.1 Å². The maximum Gasteiger partial charge on any atom is 0.311 e. The van der Waals surface area contributed by atoms with Gasteiger partial charge < -0.3 is 15.4 Å². The number of nitrogens with one attached hydrogen (secondary N) is 2. The van der Waals surface area contributed by atoms with Crippen LogP contribution in [-0.2, 0) is 14.3 Å². The Labute approximate surface area is 187 Å². The molecule has 0 aromatic heterocycles. The first-order valence-electron chi connectivity index (χ1n) is 10.3. The van der Waals surface area contributed by atoms with Crippen molar-refractivity contribution in [3.8, 4) is 0 Å². The molecule has 0 bridgehead atoms. The number of fused-ring (bicyclic) bond motifs is 1. The van der Waals surface area contributed by atoms with E-state index in [1.165, 1.54) is 17.3 Å². The number of aliphatic imine (C=N–C) groups is 1. The molecule has 0 radical (unpaired) electrons. The summed E-state index contributed by atoms with van der Waals surface area (Å²) in [7, 11) is 0. The monoisotopic (exact) mass is 437 g/mol. The molecule has 0 atom stereocenters. The number of nitrogens with zero attached hydrogens (tertiary/aromatic N) is 1. The largest absolute Gasteiger partial charge is 0.466 e. The highest BCUT2D eigenvalue weighted by atomic mass is 32.2. The molecule has 0 fully saturated rings. The number of benzene rings is 2. The molecule has 0 aliphatic carbocycles. The van der Waals surface area contributed by atoms with Gasteiger partial charge in [-0.2, -0.15) is 0 Å². The third-order valence-corrected chi connectivity index (χ3v) is 5.49. The van der Waals surface area contributed by atoms with Crippen LogP contribution in [0.3, 0.4) is 0 Å². The number of para-hydroxylation sites is 2. The van der Waals surface area contributed by atoms with Crippen molar-refractivity contribution in [2.45, 2.75) is 33.1 Å². The van der Waals surface area contributed by atoms with Crippen LogP contribution in [0.2, 0.25) is 0 Å². The maximum absolute atomic E-state index is 12.5. The second kappa shape index (κ2) is 10.8. The zero-order valence-corrected chi connectivity index (χ0v) is 18.8. The van der Waals surface area contributed by atoms with Crippen LogP contribution >= 0.6 is 11.8 Å². The van der Waals surface area contributed by atoms with Gasteiger partial charge in [0.05, 0.1) is 35.2 Å². The Hall–Kier alpha value is -3.06. The van der Waals surface area contributed by atoms with E-state index in [2.05, 4.69) is 29.5 Å². The van der Waals surface area contributed by atoms with Crippen LogP contribution < -0.4 is 10.6 Å². The summed E-state index contributed by atoms with van der Waals surface area (Å²) in [5.74, 6) is 0.222. The van der Waals surface area contributed by atoms with Crippen LogP contribution in [0.4, 0.5) is 17.1 Å². The Bertz CT molecular complexity index is 997. The third kappa shape index (κ3) is 6.72. The molecule has 1 aliphatic heterocycles. The van der Waals surface area contributed by atoms with E-state index in [9.17, 15) is 9.59 Å². The van der Waals surface area contributed by atoms with E-state index in [1.54, 1.807) is 13.0 Å². The Morgan fingerprint density at radius 2 is 1.87 bits per heavy atom. The van der Waals surface area contributed by atoms with Crippen LogP contribution in [0, 0.1) is 0 Å². The molecule has 2 N–H and O–H groups in total. The highest BCUT2D eigenvalue weighted by Crippen LogP contribution is 2.31. The fraction of sp³-hybridized carbons (Fsp3) is 0.292. The zero-order chi connectivity index (χ0) is 22.2. The minimum Gasteiger partial charge on any atom is -0.466 e. The highest BCUT2D eigenvalue weighted by molar-refractivity contribution is 8.14. The molecular formula is C24H27N3O3S. The minimum absolute atomic E-state index is 0.107. The highest BCUT2D eigenvalue weighted by Gasteiger charge is 2.15. The number of hydrogen-bond donors (Lipinski definition) is 2. The molecule has 31 heavy (non-hydrogen) atoms. The van der Waals surface area contributed by atoms with Crippen molar-refractivity contribution in [3.05, 3.63) is 65.9 Å². The number of thioether (sulfide) groups is 1. The van der Waals surface area contributed by atoms with Gasteiger partial charge in [-0.15, -0.1) is 0 Å². The summed E-state index contributed by atoms with van der Waals surface area (Å²) in [4.78, 5) is 29.1. The van der Waals surface area contributed by atoms with Crippen molar-refractivity contribution in [2.24, 2.45) is 4.99 Å². The van der Waals surface area contributed by atoms with Crippen molar-refractivity contribution in [2.75, 3.05) is 23.0 Å². The van der Waals surface area contributed by atoms with Gasteiger partial charge in [0, 0.05) is 11.4 Å². The Morgan fingerprint density at radius 1 is 1.13 bits per heavy atom. The minimum atomic E-state index is -0.312. The third-order valence-electron chi connectivity index (χ3n) is 4.58. The SMILES string of the molecule is CCOC(=O)CC1=CC(SCC(=O)Nc2ccc(C(C)C)cc2)=Nc2ccccc2N1. The summed E-state index contributed by atoms with van der Waals surface area (Å²) in [5, 5.41) is 6.82. The lowest BCUT2D eigenvalue weighted by Crippen LogP contribution is -2.15. The van der Waals surface area contributed by atoms with Gasteiger partial charge in [0.25, 0.3) is 0 Å². The van der Waals surface area contributed by atoms with Gasteiger partial charge in [-0.25, -0.2) is 4.99 Å². The van der Waals surface area contributed by atoms with E-state index < -0.39 is 0 Å². The van der Waals surface area contributed by atoms with Gasteiger partial charge >= 0.3 is 5.97 Å². The van der Waals surface area contributed by atoms with E-state index in [0.29, 0.717) is 23.3 Å². The zero-order valence-electron chi connectivity index (χ0n) is 18.0. The quantitative estimate of drug-likeness (QED) is 0.561. The van der Waals surface area contributed by atoms with Crippen molar-refractivity contribution >= 4 is 45.7 Å².